The van der Waals surface area contributed by atoms with Gasteiger partial charge in [0.1, 0.15) is 0 Å². The number of ether oxygens (including phenoxy) is 1. The molecule has 0 saturated carbocycles. The summed E-state index contributed by atoms with van der Waals surface area (Å²) in [5, 5.41) is 13.1. The third-order valence-corrected chi connectivity index (χ3v) is 3.39. The van der Waals surface area contributed by atoms with Gasteiger partial charge in [-0.1, -0.05) is 43.3 Å². The molecular formula is C17H21NO2. The highest BCUT2D eigenvalue weighted by atomic mass is 16.5. The number of rotatable bonds is 6. The fourth-order valence-corrected chi connectivity index (χ4v) is 2.18. The molecule has 0 heterocycles. The van der Waals surface area contributed by atoms with E-state index in [0.717, 1.165) is 18.7 Å². The van der Waals surface area contributed by atoms with Crippen LogP contribution in [0.25, 0.3) is 0 Å². The minimum atomic E-state index is 0.183. The van der Waals surface area contributed by atoms with Crippen LogP contribution in [0.15, 0.2) is 48.5 Å². The molecule has 3 nitrogen and oxygen atoms in total. The summed E-state index contributed by atoms with van der Waals surface area (Å²) < 4.78 is 5.03. The van der Waals surface area contributed by atoms with Gasteiger partial charge in [-0.25, -0.2) is 0 Å². The zero-order valence-corrected chi connectivity index (χ0v) is 12.0. The molecule has 0 aliphatic carbocycles. The van der Waals surface area contributed by atoms with Gasteiger partial charge in [-0.05, 0) is 29.2 Å². The Kier molecular flexibility index (Phi) is 5.02. The second-order valence-electron chi connectivity index (χ2n) is 4.95. The largest absolute Gasteiger partial charge is 0.504 e. The SMILES string of the molecule is COc1ccc(CNCC(C)c2ccccc2)cc1O. The highest BCUT2D eigenvalue weighted by Gasteiger charge is 2.05. The Morgan fingerprint density at radius 1 is 1.15 bits per heavy atom. The van der Waals surface area contributed by atoms with Crippen molar-refractivity contribution in [1.29, 1.82) is 0 Å². The lowest BCUT2D eigenvalue weighted by atomic mass is 10.0. The van der Waals surface area contributed by atoms with Gasteiger partial charge < -0.3 is 15.2 Å². The molecule has 1 unspecified atom stereocenters. The van der Waals surface area contributed by atoms with Gasteiger partial charge in [0.25, 0.3) is 0 Å². The van der Waals surface area contributed by atoms with Gasteiger partial charge >= 0.3 is 0 Å². The van der Waals surface area contributed by atoms with Crippen molar-refractivity contribution in [2.75, 3.05) is 13.7 Å². The molecule has 0 radical (unpaired) electrons. The maximum atomic E-state index is 9.73. The van der Waals surface area contributed by atoms with E-state index in [4.69, 9.17) is 4.74 Å². The van der Waals surface area contributed by atoms with Crippen LogP contribution in [0.1, 0.15) is 24.0 Å². The number of hydrogen-bond acceptors (Lipinski definition) is 3. The second kappa shape index (κ2) is 6.96. The molecule has 106 valence electrons. The number of phenolic OH excluding ortho intramolecular Hbond substituents is 1. The number of methoxy groups -OCH3 is 1. The Labute approximate surface area is 120 Å². The van der Waals surface area contributed by atoms with E-state index in [2.05, 4.69) is 36.5 Å². The molecule has 2 aromatic carbocycles. The van der Waals surface area contributed by atoms with E-state index in [1.54, 1.807) is 19.2 Å². The standard InChI is InChI=1S/C17H21NO2/c1-13(15-6-4-3-5-7-15)11-18-12-14-8-9-17(20-2)16(19)10-14/h3-10,13,18-19H,11-12H2,1-2H3. The van der Waals surface area contributed by atoms with Crippen LogP contribution in [0.3, 0.4) is 0 Å². The highest BCUT2D eigenvalue weighted by Crippen LogP contribution is 2.26. The summed E-state index contributed by atoms with van der Waals surface area (Å²) in [6.07, 6.45) is 0. The average molecular weight is 271 g/mol. The molecular weight excluding hydrogens is 250 g/mol. The maximum Gasteiger partial charge on any atom is 0.160 e. The van der Waals surface area contributed by atoms with Crippen molar-refractivity contribution in [3.63, 3.8) is 0 Å². The van der Waals surface area contributed by atoms with Crippen LogP contribution in [0.4, 0.5) is 0 Å². The Balaban J connectivity index is 1.85. The van der Waals surface area contributed by atoms with E-state index in [1.165, 1.54) is 5.56 Å². The smallest absolute Gasteiger partial charge is 0.160 e. The summed E-state index contributed by atoms with van der Waals surface area (Å²) in [7, 11) is 1.55. The van der Waals surface area contributed by atoms with Crippen molar-refractivity contribution in [3.8, 4) is 11.5 Å². The zero-order valence-electron chi connectivity index (χ0n) is 12.0. The third kappa shape index (κ3) is 3.75. The van der Waals surface area contributed by atoms with E-state index < -0.39 is 0 Å². The zero-order chi connectivity index (χ0) is 14.4. The quantitative estimate of drug-likeness (QED) is 0.847. The number of aromatic hydroxyl groups is 1. The van der Waals surface area contributed by atoms with E-state index in [-0.39, 0.29) is 5.75 Å². The van der Waals surface area contributed by atoms with Crippen LogP contribution in [-0.2, 0) is 6.54 Å². The first-order valence-corrected chi connectivity index (χ1v) is 6.82. The Morgan fingerprint density at radius 3 is 2.55 bits per heavy atom. The third-order valence-electron chi connectivity index (χ3n) is 3.39. The Bertz CT molecular complexity index is 540. The minimum Gasteiger partial charge on any atom is -0.504 e. The predicted octanol–water partition coefficient (Wildman–Crippen LogP) is 3.29. The van der Waals surface area contributed by atoms with Crippen molar-refractivity contribution in [1.82, 2.24) is 5.32 Å². The molecule has 1 atom stereocenters. The van der Waals surface area contributed by atoms with Gasteiger partial charge in [-0.3, -0.25) is 0 Å². The lowest BCUT2D eigenvalue weighted by molar-refractivity contribution is 0.373. The number of nitrogens with one attached hydrogen (secondary N) is 1. The Hall–Kier alpha value is -2.00. The molecule has 0 fully saturated rings. The van der Waals surface area contributed by atoms with Crippen molar-refractivity contribution >= 4 is 0 Å². The molecule has 0 aromatic heterocycles. The minimum absolute atomic E-state index is 0.183. The van der Waals surface area contributed by atoms with Crippen molar-refractivity contribution in [2.24, 2.45) is 0 Å². The van der Waals surface area contributed by atoms with Crippen molar-refractivity contribution < 1.29 is 9.84 Å². The summed E-state index contributed by atoms with van der Waals surface area (Å²) in [6, 6.07) is 15.9. The van der Waals surface area contributed by atoms with Crippen molar-refractivity contribution in [3.05, 3.63) is 59.7 Å². The first-order valence-electron chi connectivity index (χ1n) is 6.82. The van der Waals surface area contributed by atoms with Crippen LogP contribution in [0, 0.1) is 0 Å². The summed E-state index contributed by atoms with van der Waals surface area (Å²) in [4.78, 5) is 0. The van der Waals surface area contributed by atoms with Crippen LogP contribution in [0.2, 0.25) is 0 Å². The molecule has 3 heteroatoms. The van der Waals surface area contributed by atoms with E-state index in [9.17, 15) is 5.11 Å². The number of phenols is 1. The molecule has 20 heavy (non-hydrogen) atoms. The lowest BCUT2D eigenvalue weighted by Gasteiger charge is -2.13. The number of hydrogen-bond donors (Lipinski definition) is 2. The first-order chi connectivity index (χ1) is 9.70. The Morgan fingerprint density at radius 2 is 1.90 bits per heavy atom. The van der Waals surface area contributed by atoms with Crippen LogP contribution >= 0.6 is 0 Å². The van der Waals surface area contributed by atoms with E-state index in [0.29, 0.717) is 11.7 Å². The highest BCUT2D eigenvalue weighted by molar-refractivity contribution is 5.41. The van der Waals surface area contributed by atoms with E-state index in [1.807, 2.05) is 12.1 Å². The molecule has 0 spiro atoms. The molecule has 0 aliphatic rings. The monoisotopic (exact) mass is 271 g/mol. The fourth-order valence-electron chi connectivity index (χ4n) is 2.18. The predicted molar refractivity (Wildman–Crippen MR) is 81.2 cm³/mol. The summed E-state index contributed by atoms with van der Waals surface area (Å²) >= 11 is 0. The van der Waals surface area contributed by atoms with Crippen LogP contribution in [0.5, 0.6) is 11.5 Å². The van der Waals surface area contributed by atoms with Crippen molar-refractivity contribution in [2.45, 2.75) is 19.4 Å². The van der Waals surface area contributed by atoms with Gasteiger partial charge in [0, 0.05) is 13.1 Å². The van der Waals surface area contributed by atoms with Crippen LogP contribution in [-0.4, -0.2) is 18.8 Å². The normalized spacial score (nSPS) is 12.1. The van der Waals surface area contributed by atoms with Crippen LogP contribution < -0.4 is 10.1 Å². The van der Waals surface area contributed by atoms with Gasteiger partial charge in [0.15, 0.2) is 11.5 Å². The molecule has 0 saturated heterocycles. The second-order valence-corrected chi connectivity index (χ2v) is 4.95. The molecule has 2 aromatic rings. The molecule has 0 bridgehead atoms. The summed E-state index contributed by atoms with van der Waals surface area (Å²) in [5.74, 6) is 1.15. The van der Waals surface area contributed by atoms with Gasteiger partial charge in [0.2, 0.25) is 0 Å². The first kappa shape index (κ1) is 14.4. The molecule has 0 aliphatic heterocycles. The molecule has 2 rings (SSSR count). The van der Waals surface area contributed by atoms with Gasteiger partial charge in [0.05, 0.1) is 7.11 Å². The summed E-state index contributed by atoms with van der Waals surface area (Å²) in [5.41, 5.74) is 2.38. The molecule has 2 N–H and O–H groups in total. The lowest BCUT2D eigenvalue weighted by Crippen LogP contribution is -2.19. The molecule has 0 amide bonds. The van der Waals surface area contributed by atoms with Gasteiger partial charge in [-0.2, -0.15) is 0 Å². The van der Waals surface area contributed by atoms with E-state index >= 15 is 0 Å². The maximum absolute atomic E-state index is 9.73. The summed E-state index contributed by atoms with van der Waals surface area (Å²) in [6.45, 7) is 3.83. The average Bonchev–Trinajstić information content (AvgIpc) is 2.48. The topological polar surface area (TPSA) is 41.5 Å². The number of benzene rings is 2. The fraction of sp³-hybridized carbons (Fsp3) is 0.294. The van der Waals surface area contributed by atoms with Gasteiger partial charge in [-0.15, -0.1) is 0 Å².